The molecule has 0 radical (unpaired) electrons. The maximum Gasteiger partial charge on any atom is 0.311 e. The molecule has 0 aliphatic heterocycles. The lowest BCUT2D eigenvalue weighted by molar-refractivity contribution is -0.135. The quantitative estimate of drug-likeness (QED) is 0.116. The Morgan fingerprint density at radius 3 is 1.66 bits per heavy atom. The third kappa shape index (κ3) is 10.4. The van der Waals surface area contributed by atoms with Crippen LogP contribution in [0, 0.1) is 6.92 Å². The lowest BCUT2D eigenvalue weighted by Gasteiger charge is -2.13. The van der Waals surface area contributed by atoms with Crippen molar-refractivity contribution in [1.82, 2.24) is 0 Å². The third-order valence-electron chi connectivity index (χ3n) is 6.55. The molecule has 0 saturated heterocycles. The number of benzene rings is 3. The van der Waals surface area contributed by atoms with Gasteiger partial charge in [-0.2, -0.15) is 0 Å². The molecule has 3 aromatic carbocycles. The summed E-state index contributed by atoms with van der Waals surface area (Å²) in [6.07, 6.45) is 12.9. The van der Waals surface area contributed by atoms with Crippen molar-refractivity contribution in [2.75, 3.05) is 0 Å². The number of hydrogen-bond donors (Lipinski definition) is 0. The van der Waals surface area contributed by atoms with Crippen LogP contribution in [0.25, 0.3) is 6.08 Å². The summed E-state index contributed by atoms with van der Waals surface area (Å²) in [5, 5.41) is 0. The van der Waals surface area contributed by atoms with Crippen molar-refractivity contribution >= 4 is 18.0 Å². The van der Waals surface area contributed by atoms with E-state index in [9.17, 15) is 9.59 Å². The second-order valence-electron chi connectivity index (χ2n) is 9.67. The van der Waals surface area contributed by atoms with Gasteiger partial charge in [0.05, 0.1) is 0 Å². The highest BCUT2D eigenvalue weighted by atomic mass is 16.5. The fourth-order valence-electron chi connectivity index (χ4n) is 4.52. The Bertz CT molecular complexity index is 1170. The molecule has 0 N–H and O–H groups in total. The van der Waals surface area contributed by atoms with Crippen molar-refractivity contribution in [2.45, 2.75) is 78.1 Å². The molecule has 200 valence electrons. The molecule has 0 unspecified atom stereocenters. The molecule has 0 heterocycles. The molecule has 0 fully saturated rings. The van der Waals surface area contributed by atoms with E-state index in [1.807, 2.05) is 36.4 Å². The summed E-state index contributed by atoms with van der Waals surface area (Å²) in [4.78, 5) is 24.1. The van der Waals surface area contributed by atoms with Gasteiger partial charge in [0.1, 0.15) is 11.5 Å². The molecule has 0 atom stereocenters. The van der Waals surface area contributed by atoms with Crippen LogP contribution in [0.5, 0.6) is 11.5 Å². The number of para-hydroxylation sites is 2. The summed E-state index contributed by atoms with van der Waals surface area (Å²) in [6.45, 7) is 4.24. The number of allylic oxidation sites excluding steroid dienone is 1. The van der Waals surface area contributed by atoms with Crippen molar-refractivity contribution in [3.05, 3.63) is 101 Å². The van der Waals surface area contributed by atoms with Crippen molar-refractivity contribution in [3.63, 3.8) is 0 Å². The van der Waals surface area contributed by atoms with E-state index in [-0.39, 0.29) is 11.9 Å². The van der Waals surface area contributed by atoms with Crippen LogP contribution in [0.1, 0.15) is 80.5 Å². The van der Waals surface area contributed by atoms with Gasteiger partial charge in [0, 0.05) is 12.8 Å². The van der Waals surface area contributed by atoms with Gasteiger partial charge in [0.2, 0.25) is 0 Å². The molecule has 0 bridgehead atoms. The minimum atomic E-state index is -0.168. The first-order chi connectivity index (χ1) is 18.5. The maximum atomic E-state index is 12.0. The standard InChI is InChI=1S/C34H40O4/c1-3-16-29-26-28(17-8-4-14-23-33(35)37-31-19-10-6-11-20-31)27(2)25-30(29)18-9-5-15-24-34(36)38-32-21-12-7-13-22-32/h3,6-7,10-13,16,19-22,25-26H,4-5,8-9,14-15,17-18,23-24H2,1-2H3/b16-3+. The fourth-order valence-corrected chi connectivity index (χ4v) is 4.52. The lowest BCUT2D eigenvalue weighted by Crippen LogP contribution is -2.07. The van der Waals surface area contributed by atoms with Gasteiger partial charge in [-0.3, -0.25) is 9.59 Å². The zero-order valence-electron chi connectivity index (χ0n) is 22.8. The zero-order valence-corrected chi connectivity index (χ0v) is 22.8. The minimum Gasteiger partial charge on any atom is -0.427 e. The molecule has 0 spiro atoms. The Morgan fingerprint density at radius 2 is 1.16 bits per heavy atom. The van der Waals surface area contributed by atoms with Crippen LogP contribution in [0.15, 0.2) is 78.9 Å². The molecule has 4 nitrogen and oxygen atoms in total. The minimum absolute atomic E-state index is 0.166. The average Bonchev–Trinajstić information content (AvgIpc) is 2.91. The second kappa shape index (κ2) is 16.2. The Balaban J connectivity index is 1.38. The van der Waals surface area contributed by atoms with E-state index in [0.29, 0.717) is 24.3 Å². The molecule has 0 aliphatic carbocycles. The number of esters is 2. The predicted octanol–water partition coefficient (Wildman–Crippen LogP) is 8.45. The maximum absolute atomic E-state index is 12.0. The summed E-state index contributed by atoms with van der Waals surface area (Å²) < 4.78 is 10.7. The van der Waals surface area contributed by atoms with Gasteiger partial charge in [-0.15, -0.1) is 0 Å². The number of carbonyl (C=O) groups is 2. The number of ether oxygens (including phenoxy) is 2. The van der Waals surface area contributed by atoms with Crippen LogP contribution in [-0.2, 0) is 22.4 Å². The molecule has 3 rings (SSSR count). The number of hydrogen-bond acceptors (Lipinski definition) is 4. The smallest absolute Gasteiger partial charge is 0.311 e. The van der Waals surface area contributed by atoms with Gasteiger partial charge < -0.3 is 9.47 Å². The number of aryl methyl sites for hydroxylation is 3. The largest absolute Gasteiger partial charge is 0.427 e. The zero-order chi connectivity index (χ0) is 27.0. The van der Waals surface area contributed by atoms with Gasteiger partial charge >= 0.3 is 11.9 Å². The molecule has 3 aromatic rings. The summed E-state index contributed by atoms with van der Waals surface area (Å²) in [7, 11) is 0. The fraction of sp³-hybridized carbons (Fsp3) is 0.353. The summed E-state index contributed by atoms with van der Waals surface area (Å²) in [6, 6.07) is 23.1. The SMILES string of the molecule is C/C=C/c1cc(CCCCCC(=O)Oc2ccccc2)c(C)cc1CCCCCC(=O)Oc1ccccc1. The first-order valence-corrected chi connectivity index (χ1v) is 13.8. The van der Waals surface area contributed by atoms with E-state index >= 15 is 0 Å². The average molecular weight is 513 g/mol. The Hall–Kier alpha value is -3.66. The van der Waals surface area contributed by atoms with Crippen LogP contribution >= 0.6 is 0 Å². The van der Waals surface area contributed by atoms with Gasteiger partial charge in [-0.05, 0) is 98.9 Å². The van der Waals surface area contributed by atoms with E-state index in [1.54, 1.807) is 24.3 Å². The van der Waals surface area contributed by atoms with E-state index in [0.717, 1.165) is 51.4 Å². The lowest BCUT2D eigenvalue weighted by atomic mass is 9.92. The van der Waals surface area contributed by atoms with Gasteiger partial charge in [0.15, 0.2) is 0 Å². The molecule has 0 aromatic heterocycles. The normalized spacial score (nSPS) is 11.0. The van der Waals surface area contributed by atoms with Crippen LogP contribution < -0.4 is 9.47 Å². The van der Waals surface area contributed by atoms with Crippen LogP contribution in [0.3, 0.4) is 0 Å². The predicted molar refractivity (Wildman–Crippen MR) is 154 cm³/mol. The molecular formula is C34H40O4. The van der Waals surface area contributed by atoms with Crippen molar-refractivity contribution in [1.29, 1.82) is 0 Å². The number of unbranched alkanes of at least 4 members (excludes halogenated alkanes) is 4. The molecule has 38 heavy (non-hydrogen) atoms. The van der Waals surface area contributed by atoms with Crippen LogP contribution in [-0.4, -0.2) is 11.9 Å². The van der Waals surface area contributed by atoms with Crippen molar-refractivity contribution in [3.8, 4) is 11.5 Å². The molecule has 0 saturated carbocycles. The summed E-state index contributed by atoms with van der Waals surface area (Å²) in [5.41, 5.74) is 5.34. The molecule has 0 amide bonds. The third-order valence-corrected chi connectivity index (χ3v) is 6.55. The van der Waals surface area contributed by atoms with Crippen molar-refractivity contribution < 1.29 is 19.1 Å². The van der Waals surface area contributed by atoms with Crippen LogP contribution in [0.2, 0.25) is 0 Å². The van der Waals surface area contributed by atoms with Crippen molar-refractivity contribution in [2.24, 2.45) is 0 Å². The van der Waals surface area contributed by atoms with Gasteiger partial charge in [0.25, 0.3) is 0 Å². The first-order valence-electron chi connectivity index (χ1n) is 13.8. The Morgan fingerprint density at radius 1 is 0.658 bits per heavy atom. The molecule has 0 aliphatic rings. The van der Waals surface area contributed by atoms with Gasteiger partial charge in [-0.1, -0.05) is 73.5 Å². The second-order valence-corrected chi connectivity index (χ2v) is 9.67. The highest BCUT2D eigenvalue weighted by molar-refractivity contribution is 5.72. The monoisotopic (exact) mass is 512 g/mol. The van der Waals surface area contributed by atoms with Gasteiger partial charge in [-0.25, -0.2) is 0 Å². The van der Waals surface area contributed by atoms with E-state index < -0.39 is 0 Å². The Kier molecular flexibility index (Phi) is 12.4. The molecular weight excluding hydrogens is 472 g/mol. The van der Waals surface area contributed by atoms with E-state index in [2.05, 4.69) is 38.1 Å². The number of rotatable bonds is 15. The number of carbonyl (C=O) groups excluding carboxylic acids is 2. The topological polar surface area (TPSA) is 52.6 Å². The molecule has 4 heteroatoms. The Labute approximate surface area is 227 Å². The highest BCUT2D eigenvalue weighted by Gasteiger charge is 2.09. The van der Waals surface area contributed by atoms with Crippen LogP contribution in [0.4, 0.5) is 0 Å². The summed E-state index contributed by atoms with van der Waals surface area (Å²) >= 11 is 0. The summed E-state index contributed by atoms with van der Waals surface area (Å²) in [5.74, 6) is 0.879. The first kappa shape index (κ1) is 28.9. The van der Waals surface area contributed by atoms with E-state index in [4.69, 9.17) is 9.47 Å². The highest BCUT2D eigenvalue weighted by Crippen LogP contribution is 2.23. The van der Waals surface area contributed by atoms with E-state index in [1.165, 1.54) is 22.3 Å².